The van der Waals surface area contributed by atoms with E-state index in [9.17, 15) is 0 Å². The SMILES string of the molecule is c1ccc2c(c1)CCCN2Cc1ccc2c(c1)C1(c3ccccc3Cc3ccccc31)c1ccccc1-2. The van der Waals surface area contributed by atoms with E-state index < -0.39 is 0 Å². The molecule has 0 unspecified atom stereocenters. The Morgan fingerprint density at radius 1 is 0.568 bits per heavy atom. The molecule has 0 aromatic heterocycles. The van der Waals surface area contributed by atoms with Crippen LogP contribution in [0.5, 0.6) is 0 Å². The zero-order valence-electron chi connectivity index (χ0n) is 21.0. The summed E-state index contributed by atoms with van der Waals surface area (Å²) in [6.07, 6.45) is 3.40. The molecule has 0 saturated carbocycles. The lowest BCUT2D eigenvalue weighted by Gasteiger charge is -2.40. The van der Waals surface area contributed by atoms with Crippen molar-refractivity contribution in [2.45, 2.75) is 31.2 Å². The molecule has 178 valence electrons. The maximum atomic E-state index is 2.58. The fourth-order valence-electron chi connectivity index (χ4n) is 7.43. The molecule has 0 saturated heterocycles. The highest BCUT2D eigenvalue weighted by molar-refractivity contribution is 5.88. The average molecular weight is 476 g/mol. The largest absolute Gasteiger partial charge is 0.367 e. The van der Waals surface area contributed by atoms with Crippen LogP contribution in [0.2, 0.25) is 0 Å². The van der Waals surface area contributed by atoms with Crippen molar-refractivity contribution in [2.24, 2.45) is 0 Å². The number of fused-ring (bicyclic) bond motifs is 10. The van der Waals surface area contributed by atoms with Crippen LogP contribution in [0.3, 0.4) is 0 Å². The van der Waals surface area contributed by atoms with E-state index in [1.807, 2.05) is 0 Å². The summed E-state index contributed by atoms with van der Waals surface area (Å²) in [6.45, 7) is 2.06. The van der Waals surface area contributed by atoms with Crippen LogP contribution >= 0.6 is 0 Å². The number of hydrogen-bond acceptors (Lipinski definition) is 1. The Balaban J connectivity index is 1.36. The molecule has 2 aliphatic carbocycles. The van der Waals surface area contributed by atoms with Crippen LogP contribution in [0, 0.1) is 0 Å². The molecule has 0 fully saturated rings. The molecular weight excluding hydrogens is 446 g/mol. The van der Waals surface area contributed by atoms with E-state index in [-0.39, 0.29) is 5.41 Å². The zero-order valence-corrected chi connectivity index (χ0v) is 21.0. The molecule has 1 heterocycles. The maximum Gasteiger partial charge on any atom is 0.0719 e. The molecule has 0 amide bonds. The Kier molecular flexibility index (Phi) is 4.52. The van der Waals surface area contributed by atoms with Gasteiger partial charge in [-0.2, -0.15) is 0 Å². The number of para-hydroxylation sites is 1. The summed E-state index contributed by atoms with van der Waals surface area (Å²) in [5.74, 6) is 0. The zero-order chi connectivity index (χ0) is 24.4. The molecule has 1 aliphatic heterocycles. The number of aryl methyl sites for hydroxylation is 1. The first-order valence-corrected chi connectivity index (χ1v) is 13.6. The Bertz CT molecular complexity index is 1630. The highest BCUT2D eigenvalue weighted by atomic mass is 15.1. The van der Waals surface area contributed by atoms with E-state index in [4.69, 9.17) is 0 Å². The van der Waals surface area contributed by atoms with E-state index in [2.05, 4.69) is 120 Å². The van der Waals surface area contributed by atoms with Gasteiger partial charge in [-0.15, -0.1) is 0 Å². The quantitative estimate of drug-likeness (QED) is 0.246. The first kappa shape index (κ1) is 21.0. The fraction of sp³-hybridized carbons (Fsp3) is 0.167. The van der Waals surface area contributed by atoms with Gasteiger partial charge in [0.05, 0.1) is 5.41 Å². The normalized spacial score (nSPS) is 15.9. The molecule has 0 atom stereocenters. The molecule has 1 spiro atoms. The maximum absolute atomic E-state index is 2.58. The van der Waals surface area contributed by atoms with Crippen molar-refractivity contribution < 1.29 is 0 Å². The molecule has 0 N–H and O–H groups in total. The number of nitrogens with zero attached hydrogens (tertiary/aromatic N) is 1. The van der Waals surface area contributed by atoms with E-state index in [0.29, 0.717) is 0 Å². The van der Waals surface area contributed by atoms with Gasteiger partial charge in [-0.1, -0.05) is 109 Å². The molecule has 0 radical (unpaired) electrons. The average Bonchev–Trinajstić information content (AvgIpc) is 3.24. The topological polar surface area (TPSA) is 3.24 Å². The van der Waals surface area contributed by atoms with Crippen LogP contribution < -0.4 is 4.90 Å². The van der Waals surface area contributed by atoms with Gasteiger partial charge in [0.2, 0.25) is 0 Å². The third-order valence-electron chi connectivity index (χ3n) is 8.91. The highest BCUT2D eigenvalue weighted by Gasteiger charge is 2.49. The summed E-state index contributed by atoms with van der Waals surface area (Å²) >= 11 is 0. The monoisotopic (exact) mass is 475 g/mol. The van der Waals surface area contributed by atoms with Crippen LogP contribution in [0.25, 0.3) is 11.1 Å². The predicted molar refractivity (Wildman–Crippen MR) is 152 cm³/mol. The Labute approximate surface area is 219 Å². The van der Waals surface area contributed by atoms with Crippen molar-refractivity contribution in [1.29, 1.82) is 0 Å². The van der Waals surface area contributed by atoms with E-state index in [0.717, 1.165) is 19.5 Å². The molecule has 1 heteroatoms. The molecule has 1 nitrogen and oxygen atoms in total. The second-order valence-electron chi connectivity index (χ2n) is 10.8. The van der Waals surface area contributed by atoms with Crippen molar-refractivity contribution >= 4 is 5.69 Å². The Morgan fingerprint density at radius 3 is 1.97 bits per heavy atom. The molecule has 8 rings (SSSR count). The van der Waals surface area contributed by atoms with Crippen LogP contribution in [-0.4, -0.2) is 6.54 Å². The second-order valence-corrected chi connectivity index (χ2v) is 10.8. The van der Waals surface area contributed by atoms with Crippen molar-refractivity contribution in [3.8, 4) is 11.1 Å². The number of rotatable bonds is 2. The minimum atomic E-state index is -0.271. The van der Waals surface area contributed by atoms with Gasteiger partial charge in [0, 0.05) is 18.8 Å². The number of benzene rings is 5. The molecule has 37 heavy (non-hydrogen) atoms. The van der Waals surface area contributed by atoms with Gasteiger partial charge < -0.3 is 4.90 Å². The molecule has 5 aromatic carbocycles. The lowest BCUT2D eigenvalue weighted by atomic mass is 9.61. The third kappa shape index (κ3) is 2.92. The lowest BCUT2D eigenvalue weighted by molar-refractivity contribution is 0.687. The van der Waals surface area contributed by atoms with Crippen LogP contribution in [0.1, 0.15) is 50.9 Å². The van der Waals surface area contributed by atoms with Crippen LogP contribution in [0.4, 0.5) is 5.69 Å². The Hall–Kier alpha value is -4.10. The Morgan fingerprint density at radius 2 is 1.19 bits per heavy atom. The molecule has 0 bridgehead atoms. The van der Waals surface area contributed by atoms with Crippen molar-refractivity contribution in [3.05, 3.63) is 160 Å². The summed E-state index contributed by atoms with van der Waals surface area (Å²) in [4.78, 5) is 2.58. The van der Waals surface area contributed by atoms with Crippen molar-refractivity contribution in [2.75, 3.05) is 11.4 Å². The van der Waals surface area contributed by atoms with Gasteiger partial charge in [0.1, 0.15) is 0 Å². The van der Waals surface area contributed by atoms with Gasteiger partial charge in [0.15, 0.2) is 0 Å². The molecule has 3 aliphatic rings. The minimum Gasteiger partial charge on any atom is -0.367 e. The summed E-state index contributed by atoms with van der Waals surface area (Å²) in [7, 11) is 0. The summed E-state index contributed by atoms with van der Waals surface area (Å²) in [5, 5.41) is 0. The first-order valence-electron chi connectivity index (χ1n) is 13.6. The summed E-state index contributed by atoms with van der Waals surface area (Å²) in [6, 6.07) is 43.6. The van der Waals surface area contributed by atoms with Crippen LogP contribution in [0.15, 0.2) is 115 Å². The first-order chi connectivity index (χ1) is 18.3. The third-order valence-corrected chi connectivity index (χ3v) is 8.91. The summed E-state index contributed by atoms with van der Waals surface area (Å²) in [5.41, 5.74) is 15.4. The lowest BCUT2D eigenvalue weighted by Crippen LogP contribution is -2.34. The number of hydrogen-bond donors (Lipinski definition) is 0. The van der Waals surface area contributed by atoms with Gasteiger partial charge >= 0.3 is 0 Å². The predicted octanol–water partition coefficient (Wildman–Crippen LogP) is 7.91. The van der Waals surface area contributed by atoms with Gasteiger partial charge in [-0.05, 0) is 81.0 Å². The van der Waals surface area contributed by atoms with Crippen LogP contribution in [-0.2, 0) is 24.8 Å². The van der Waals surface area contributed by atoms with E-state index in [1.54, 1.807) is 0 Å². The van der Waals surface area contributed by atoms with E-state index in [1.165, 1.54) is 74.2 Å². The van der Waals surface area contributed by atoms with Gasteiger partial charge in [0.25, 0.3) is 0 Å². The van der Waals surface area contributed by atoms with Crippen molar-refractivity contribution in [1.82, 2.24) is 0 Å². The second kappa shape index (κ2) is 7.95. The minimum absolute atomic E-state index is 0.271. The molecular formula is C36H29N. The highest BCUT2D eigenvalue weighted by Crippen LogP contribution is 2.59. The standard InChI is InChI=1S/C36H29N/c1-5-15-31-27(11-1)23-28-12-2-6-16-32(28)36(31)33-17-7-4-14-29(33)30-20-19-25(22-34(30)36)24-37-21-9-13-26-10-3-8-18-35(26)37/h1-8,10-12,14-20,22H,9,13,21,23-24H2. The summed E-state index contributed by atoms with van der Waals surface area (Å²) < 4.78 is 0. The fourth-order valence-corrected chi connectivity index (χ4v) is 7.43. The molecule has 5 aromatic rings. The van der Waals surface area contributed by atoms with Gasteiger partial charge in [-0.3, -0.25) is 0 Å². The van der Waals surface area contributed by atoms with Gasteiger partial charge in [-0.25, -0.2) is 0 Å². The van der Waals surface area contributed by atoms with E-state index >= 15 is 0 Å². The van der Waals surface area contributed by atoms with Crippen molar-refractivity contribution in [3.63, 3.8) is 0 Å². The number of anilines is 1. The smallest absolute Gasteiger partial charge is 0.0719 e.